The number of allylic oxidation sites excluding steroid dienone is 26. The fourth-order valence-corrected chi connectivity index (χ4v) is 6.49. The molecule has 0 aliphatic carbocycles. The number of hydrogen-bond acceptors (Lipinski definition) is 6. The van der Waals surface area contributed by atoms with Gasteiger partial charge in [-0.1, -0.05) is 224 Å². The highest BCUT2D eigenvalue weighted by Gasteiger charge is 2.19. The molecule has 0 aromatic rings. The van der Waals surface area contributed by atoms with E-state index in [1.807, 2.05) is 36.5 Å². The van der Waals surface area contributed by atoms with E-state index < -0.39 is 6.10 Å². The summed E-state index contributed by atoms with van der Waals surface area (Å²) in [5.41, 5.74) is 0. The molecule has 0 N–H and O–H groups in total. The van der Waals surface area contributed by atoms with Crippen LogP contribution in [0.4, 0.5) is 0 Å². The fraction of sp³-hybridized carbons (Fsp3) is 0.532. The third kappa shape index (κ3) is 52.0. The first-order chi connectivity index (χ1) is 33.5. The lowest BCUT2D eigenvalue weighted by Crippen LogP contribution is -2.30. The zero-order valence-corrected chi connectivity index (χ0v) is 43.0. The smallest absolute Gasteiger partial charge is 0.306 e. The predicted molar refractivity (Wildman–Crippen MR) is 292 cm³/mol. The summed E-state index contributed by atoms with van der Waals surface area (Å²) in [5.74, 6) is -1.03. The van der Waals surface area contributed by atoms with Crippen LogP contribution in [0.2, 0.25) is 0 Å². The Balaban J connectivity index is 4.59. The molecule has 0 saturated heterocycles. The molecule has 0 aromatic carbocycles. The predicted octanol–water partition coefficient (Wildman–Crippen LogP) is 17.8. The van der Waals surface area contributed by atoms with Crippen LogP contribution in [0, 0.1) is 0 Å². The zero-order valence-electron chi connectivity index (χ0n) is 43.0. The van der Waals surface area contributed by atoms with Crippen LogP contribution in [0.3, 0.4) is 0 Å². The summed E-state index contributed by atoms with van der Waals surface area (Å²) in [5, 5.41) is 0. The van der Waals surface area contributed by atoms with Crippen LogP contribution in [0.15, 0.2) is 158 Å². The largest absolute Gasteiger partial charge is 0.462 e. The van der Waals surface area contributed by atoms with Crippen LogP contribution in [0.5, 0.6) is 0 Å². The number of unbranched alkanes of at least 4 members (excludes halogenated alkanes) is 14. The second-order valence-electron chi connectivity index (χ2n) is 16.8. The Labute approximate surface area is 416 Å². The van der Waals surface area contributed by atoms with Gasteiger partial charge in [0.1, 0.15) is 13.2 Å². The maximum atomic E-state index is 12.8. The molecule has 0 aliphatic rings. The van der Waals surface area contributed by atoms with E-state index in [1.54, 1.807) is 0 Å². The molecule has 6 nitrogen and oxygen atoms in total. The van der Waals surface area contributed by atoms with Gasteiger partial charge in [-0.2, -0.15) is 0 Å². The summed E-state index contributed by atoms with van der Waals surface area (Å²) < 4.78 is 16.7. The molecule has 0 rings (SSSR count). The standard InChI is InChI=1S/C62H94O6/c1-4-7-10-13-16-19-22-25-27-29-31-33-34-37-40-43-46-49-52-55-61(64)67-58-59(57-66-60(63)54-51-48-45-42-39-36-24-21-18-15-12-9-6-3)68-62(65)56-53-50-47-44-41-38-35-32-30-28-26-23-20-17-14-11-8-5-2/h7,9-10,12,15-21,23-28,30-33,35-37,39-40,59H,4-6,8,11,13-14,22,29,34,38,41-58H2,1-3H3/b10-7-,12-9-,18-15-,19-16-,20-17-,24-21-,26-23-,27-25-,30-28-,33-31-,35-32-,39-36-,40-37-. The maximum Gasteiger partial charge on any atom is 0.306 e. The Bertz CT molecular complexity index is 1590. The maximum absolute atomic E-state index is 12.8. The summed E-state index contributed by atoms with van der Waals surface area (Å²) in [7, 11) is 0. The van der Waals surface area contributed by atoms with Crippen LogP contribution in [0.1, 0.15) is 194 Å². The van der Waals surface area contributed by atoms with E-state index in [4.69, 9.17) is 14.2 Å². The number of rotatable bonds is 45. The molecule has 6 heteroatoms. The normalized spacial score (nSPS) is 13.4. The van der Waals surface area contributed by atoms with Gasteiger partial charge in [-0.3, -0.25) is 14.4 Å². The lowest BCUT2D eigenvalue weighted by atomic mass is 10.1. The van der Waals surface area contributed by atoms with Gasteiger partial charge in [0.05, 0.1) is 0 Å². The highest BCUT2D eigenvalue weighted by atomic mass is 16.6. The lowest BCUT2D eigenvalue weighted by molar-refractivity contribution is -0.167. The summed E-state index contributed by atoms with van der Waals surface area (Å²) in [4.78, 5) is 38.0. The van der Waals surface area contributed by atoms with E-state index in [1.165, 1.54) is 19.3 Å². The molecule has 1 unspecified atom stereocenters. The van der Waals surface area contributed by atoms with Crippen LogP contribution >= 0.6 is 0 Å². The lowest BCUT2D eigenvalue weighted by Gasteiger charge is -2.18. The molecule has 0 fully saturated rings. The average molecular weight is 935 g/mol. The molecular formula is C62H94O6. The number of esters is 3. The number of carbonyl (C=O) groups is 3. The third-order valence-electron chi connectivity index (χ3n) is 10.4. The van der Waals surface area contributed by atoms with Gasteiger partial charge < -0.3 is 14.2 Å². The van der Waals surface area contributed by atoms with Crippen molar-refractivity contribution in [3.8, 4) is 0 Å². The summed E-state index contributed by atoms with van der Waals surface area (Å²) >= 11 is 0. The van der Waals surface area contributed by atoms with E-state index in [2.05, 4.69) is 142 Å². The molecule has 0 aromatic heterocycles. The van der Waals surface area contributed by atoms with Gasteiger partial charge in [0.15, 0.2) is 6.10 Å². The van der Waals surface area contributed by atoms with Crippen molar-refractivity contribution in [1.82, 2.24) is 0 Å². The zero-order chi connectivity index (χ0) is 49.3. The molecule has 0 heterocycles. The summed E-state index contributed by atoms with van der Waals surface area (Å²) in [6.45, 7) is 6.23. The Hall–Kier alpha value is -4.97. The minimum atomic E-state index is -0.829. The van der Waals surface area contributed by atoms with Crippen molar-refractivity contribution in [1.29, 1.82) is 0 Å². The van der Waals surface area contributed by atoms with Crippen molar-refractivity contribution in [2.75, 3.05) is 13.2 Å². The Morgan fingerprint density at radius 2 is 0.647 bits per heavy atom. The van der Waals surface area contributed by atoms with E-state index in [-0.39, 0.29) is 37.5 Å². The molecule has 0 saturated carbocycles. The monoisotopic (exact) mass is 935 g/mol. The molecule has 0 bridgehead atoms. The van der Waals surface area contributed by atoms with Crippen molar-refractivity contribution in [3.63, 3.8) is 0 Å². The number of carbonyl (C=O) groups excluding carboxylic acids is 3. The van der Waals surface area contributed by atoms with Gasteiger partial charge >= 0.3 is 17.9 Å². The molecule has 0 radical (unpaired) electrons. The number of hydrogen-bond donors (Lipinski definition) is 0. The summed E-state index contributed by atoms with van der Waals surface area (Å²) in [6, 6.07) is 0. The van der Waals surface area contributed by atoms with Crippen molar-refractivity contribution in [2.24, 2.45) is 0 Å². The van der Waals surface area contributed by atoms with Crippen LogP contribution in [-0.4, -0.2) is 37.2 Å². The quantitative estimate of drug-likeness (QED) is 0.0199. The van der Waals surface area contributed by atoms with Gasteiger partial charge in [-0.15, -0.1) is 0 Å². The highest BCUT2D eigenvalue weighted by Crippen LogP contribution is 2.12. The molecule has 0 amide bonds. The first-order valence-corrected chi connectivity index (χ1v) is 26.6. The van der Waals surface area contributed by atoms with E-state index >= 15 is 0 Å². The van der Waals surface area contributed by atoms with Gasteiger partial charge in [0, 0.05) is 19.3 Å². The molecular weight excluding hydrogens is 841 g/mol. The molecule has 68 heavy (non-hydrogen) atoms. The Kier molecular flexibility index (Phi) is 50.6. The Morgan fingerprint density at radius 1 is 0.324 bits per heavy atom. The average Bonchev–Trinajstić information content (AvgIpc) is 3.34. The van der Waals surface area contributed by atoms with Crippen molar-refractivity contribution < 1.29 is 28.6 Å². The van der Waals surface area contributed by atoms with Gasteiger partial charge in [-0.25, -0.2) is 0 Å². The van der Waals surface area contributed by atoms with Crippen LogP contribution in [0.25, 0.3) is 0 Å². The van der Waals surface area contributed by atoms with E-state index in [0.717, 1.165) is 135 Å². The van der Waals surface area contributed by atoms with Crippen molar-refractivity contribution in [3.05, 3.63) is 158 Å². The minimum Gasteiger partial charge on any atom is -0.462 e. The van der Waals surface area contributed by atoms with Gasteiger partial charge in [0.25, 0.3) is 0 Å². The second kappa shape index (κ2) is 54.6. The Morgan fingerprint density at radius 3 is 1.09 bits per heavy atom. The minimum absolute atomic E-state index is 0.126. The molecule has 1 atom stereocenters. The second-order valence-corrected chi connectivity index (χ2v) is 16.8. The SMILES string of the molecule is CC\C=C/C=C\C=C/C=C\CCCCCC(=O)OCC(COC(=O)CCCCC/C=C\C/C=C\C/C=C\C/C=C\C/C=C\CC)OC(=O)CCCCCCC\C=C/C=C\C=C/C=C\CCCCC. The van der Waals surface area contributed by atoms with Crippen LogP contribution < -0.4 is 0 Å². The van der Waals surface area contributed by atoms with E-state index in [0.29, 0.717) is 12.8 Å². The molecule has 0 aliphatic heterocycles. The summed E-state index contributed by atoms with van der Waals surface area (Å²) in [6.07, 6.45) is 79.3. The molecule has 0 spiro atoms. The van der Waals surface area contributed by atoms with E-state index in [9.17, 15) is 14.4 Å². The van der Waals surface area contributed by atoms with Crippen molar-refractivity contribution >= 4 is 17.9 Å². The number of ether oxygens (including phenoxy) is 3. The fourth-order valence-electron chi connectivity index (χ4n) is 6.49. The first kappa shape index (κ1) is 63.0. The van der Waals surface area contributed by atoms with Gasteiger partial charge in [0.2, 0.25) is 0 Å². The highest BCUT2D eigenvalue weighted by molar-refractivity contribution is 5.71. The third-order valence-corrected chi connectivity index (χ3v) is 10.4. The molecule has 378 valence electrons. The first-order valence-electron chi connectivity index (χ1n) is 26.6. The van der Waals surface area contributed by atoms with Crippen LogP contribution in [-0.2, 0) is 28.6 Å². The van der Waals surface area contributed by atoms with Gasteiger partial charge in [-0.05, 0) is 109 Å². The van der Waals surface area contributed by atoms with Crippen molar-refractivity contribution in [2.45, 2.75) is 200 Å². The topological polar surface area (TPSA) is 78.9 Å².